The maximum absolute atomic E-state index is 11.6. The maximum Gasteiger partial charge on any atom is 0.319 e. The molecule has 1 aromatic carbocycles. The number of rotatable bonds is 5. The molecule has 0 fully saturated rings. The molecule has 0 aliphatic heterocycles. The van der Waals surface area contributed by atoms with Crippen molar-refractivity contribution in [2.45, 2.75) is 19.9 Å². The third-order valence-corrected chi connectivity index (χ3v) is 2.63. The Hall–Kier alpha value is -1.27. The van der Waals surface area contributed by atoms with E-state index in [9.17, 15) is 4.79 Å². The number of ether oxygens (including phenoxy) is 1. The highest BCUT2D eigenvalue weighted by atomic mass is 79.9. The summed E-state index contributed by atoms with van der Waals surface area (Å²) >= 11 is 3.33. The SMILES string of the molecule is CCOc1ccc(Br)cc1NC(=O)NC(C)CO. The lowest BCUT2D eigenvalue weighted by atomic mass is 10.3. The molecule has 0 radical (unpaired) electrons. The minimum absolute atomic E-state index is 0.107. The van der Waals surface area contributed by atoms with E-state index in [2.05, 4.69) is 26.6 Å². The molecule has 1 aromatic rings. The number of aliphatic hydroxyl groups is 1. The summed E-state index contributed by atoms with van der Waals surface area (Å²) < 4.78 is 6.26. The first-order valence-electron chi connectivity index (χ1n) is 5.67. The molecule has 100 valence electrons. The third kappa shape index (κ3) is 4.54. The molecular weight excluding hydrogens is 300 g/mol. The Morgan fingerprint density at radius 2 is 2.28 bits per heavy atom. The number of nitrogens with one attached hydrogen (secondary N) is 2. The van der Waals surface area contributed by atoms with E-state index in [0.717, 1.165) is 4.47 Å². The fourth-order valence-electron chi connectivity index (χ4n) is 1.31. The van der Waals surface area contributed by atoms with E-state index in [1.54, 1.807) is 19.1 Å². The number of urea groups is 1. The van der Waals surface area contributed by atoms with Crippen molar-refractivity contribution in [1.29, 1.82) is 0 Å². The number of hydrogen-bond donors (Lipinski definition) is 3. The molecular formula is C12H17BrN2O3. The van der Waals surface area contributed by atoms with E-state index >= 15 is 0 Å². The van der Waals surface area contributed by atoms with Crippen molar-refractivity contribution in [3.63, 3.8) is 0 Å². The molecule has 3 N–H and O–H groups in total. The highest BCUT2D eigenvalue weighted by Crippen LogP contribution is 2.28. The molecule has 2 amide bonds. The minimum atomic E-state index is -0.379. The van der Waals surface area contributed by atoms with Crippen molar-refractivity contribution in [3.05, 3.63) is 22.7 Å². The van der Waals surface area contributed by atoms with Crippen molar-refractivity contribution >= 4 is 27.6 Å². The van der Waals surface area contributed by atoms with Gasteiger partial charge in [-0.25, -0.2) is 4.79 Å². The van der Waals surface area contributed by atoms with Gasteiger partial charge in [0.1, 0.15) is 5.75 Å². The predicted molar refractivity (Wildman–Crippen MR) is 74.0 cm³/mol. The Balaban J connectivity index is 2.75. The van der Waals surface area contributed by atoms with Crippen LogP contribution < -0.4 is 15.4 Å². The molecule has 18 heavy (non-hydrogen) atoms. The first-order chi connectivity index (χ1) is 8.56. The average molecular weight is 317 g/mol. The zero-order valence-corrected chi connectivity index (χ0v) is 12.0. The van der Waals surface area contributed by atoms with Crippen molar-refractivity contribution in [2.24, 2.45) is 0 Å². The van der Waals surface area contributed by atoms with Crippen molar-refractivity contribution in [1.82, 2.24) is 5.32 Å². The first-order valence-corrected chi connectivity index (χ1v) is 6.46. The standard InChI is InChI=1S/C12H17BrN2O3/c1-3-18-11-5-4-9(13)6-10(11)15-12(17)14-8(2)7-16/h4-6,8,16H,3,7H2,1-2H3,(H2,14,15,17). The number of carbonyl (C=O) groups is 1. The van der Waals surface area contributed by atoms with Crippen LogP contribution in [-0.2, 0) is 0 Å². The molecule has 1 unspecified atom stereocenters. The number of halogens is 1. The lowest BCUT2D eigenvalue weighted by Gasteiger charge is -2.15. The molecule has 0 saturated carbocycles. The maximum atomic E-state index is 11.6. The summed E-state index contributed by atoms with van der Waals surface area (Å²) in [6.07, 6.45) is 0. The highest BCUT2D eigenvalue weighted by Gasteiger charge is 2.10. The Bertz CT molecular complexity index is 412. The van der Waals surface area contributed by atoms with Crippen LogP contribution >= 0.6 is 15.9 Å². The second kappa shape index (κ2) is 7.23. The summed E-state index contributed by atoms with van der Waals surface area (Å²) in [5.74, 6) is 0.604. The van der Waals surface area contributed by atoms with Crippen LogP contribution in [0.1, 0.15) is 13.8 Å². The monoisotopic (exact) mass is 316 g/mol. The summed E-state index contributed by atoms with van der Waals surface area (Å²) in [7, 11) is 0. The van der Waals surface area contributed by atoms with Crippen LogP contribution in [-0.4, -0.2) is 30.4 Å². The van der Waals surface area contributed by atoms with Gasteiger partial charge in [-0.3, -0.25) is 0 Å². The second-order valence-electron chi connectivity index (χ2n) is 3.76. The largest absolute Gasteiger partial charge is 0.492 e. The van der Waals surface area contributed by atoms with Gasteiger partial charge in [0.2, 0.25) is 0 Å². The molecule has 0 aromatic heterocycles. The van der Waals surface area contributed by atoms with Crippen LogP contribution in [0.2, 0.25) is 0 Å². The molecule has 1 rings (SSSR count). The molecule has 1 atom stereocenters. The Morgan fingerprint density at radius 3 is 2.89 bits per heavy atom. The predicted octanol–water partition coefficient (Wildman–Crippen LogP) is 2.35. The molecule has 5 nitrogen and oxygen atoms in total. The molecule has 0 aliphatic rings. The normalized spacial score (nSPS) is 11.8. The van der Waals surface area contributed by atoms with E-state index in [-0.39, 0.29) is 18.7 Å². The van der Waals surface area contributed by atoms with Crippen LogP contribution in [0.5, 0.6) is 5.75 Å². The molecule has 0 spiro atoms. The van der Waals surface area contributed by atoms with Crippen molar-refractivity contribution < 1.29 is 14.6 Å². The summed E-state index contributed by atoms with van der Waals surface area (Å²) in [6, 6.07) is 4.69. The Morgan fingerprint density at radius 1 is 1.56 bits per heavy atom. The lowest BCUT2D eigenvalue weighted by Crippen LogP contribution is -2.38. The van der Waals surface area contributed by atoms with Crippen LogP contribution in [0.25, 0.3) is 0 Å². The van der Waals surface area contributed by atoms with Gasteiger partial charge in [0, 0.05) is 4.47 Å². The Labute approximate surface area is 115 Å². The zero-order valence-electron chi connectivity index (χ0n) is 10.4. The van der Waals surface area contributed by atoms with E-state index < -0.39 is 0 Å². The van der Waals surface area contributed by atoms with Gasteiger partial charge in [0.05, 0.1) is 24.9 Å². The van der Waals surface area contributed by atoms with Crippen LogP contribution in [0.3, 0.4) is 0 Å². The van der Waals surface area contributed by atoms with Gasteiger partial charge in [0.15, 0.2) is 0 Å². The topological polar surface area (TPSA) is 70.6 Å². The molecule has 0 aliphatic carbocycles. The van der Waals surface area contributed by atoms with E-state index in [4.69, 9.17) is 9.84 Å². The molecule has 0 bridgehead atoms. The fraction of sp³-hybridized carbons (Fsp3) is 0.417. The summed E-state index contributed by atoms with van der Waals surface area (Å²) in [5.41, 5.74) is 0.578. The van der Waals surface area contributed by atoms with Gasteiger partial charge < -0.3 is 20.5 Å². The number of aliphatic hydroxyl groups excluding tert-OH is 1. The van der Waals surface area contributed by atoms with Gasteiger partial charge in [-0.2, -0.15) is 0 Å². The smallest absolute Gasteiger partial charge is 0.319 e. The number of amides is 2. The molecule has 0 saturated heterocycles. The average Bonchev–Trinajstić information content (AvgIpc) is 2.32. The van der Waals surface area contributed by atoms with E-state index in [0.29, 0.717) is 18.0 Å². The van der Waals surface area contributed by atoms with Crippen LogP contribution in [0.4, 0.5) is 10.5 Å². The van der Waals surface area contributed by atoms with Gasteiger partial charge in [-0.05, 0) is 32.0 Å². The zero-order chi connectivity index (χ0) is 13.5. The molecule has 6 heteroatoms. The van der Waals surface area contributed by atoms with Gasteiger partial charge in [-0.1, -0.05) is 15.9 Å². The van der Waals surface area contributed by atoms with E-state index in [1.807, 2.05) is 13.0 Å². The quantitative estimate of drug-likeness (QED) is 0.781. The summed E-state index contributed by atoms with van der Waals surface area (Å²) in [6.45, 7) is 4.00. The van der Waals surface area contributed by atoms with Crippen LogP contribution in [0, 0.1) is 0 Å². The summed E-state index contributed by atoms with van der Waals surface area (Å²) in [5, 5.41) is 14.1. The van der Waals surface area contributed by atoms with E-state index in [1.165, 1.54) is 0 Å². The minimum Gasteiger partial charge on any atom is -0.492 e. The lowest BCUT2D eigenvalue weighted by molar-refractivity contribution is 0.229. The second-order valence-corrected chi connectivity index (χ2v) is 4.67. The van der Waals surface area contributed by atoms with Gasteiger partial charge in [-0.15, -0.1) is 0 Å². The fourth-order valence-corrected chi connectivity index (χ4v) is 1.67. The summed E-state index contributed by atoms with van der Waals surface area (Å²) in [4.78, 5) is 11.6. The van der Waals surface area contributed by atoms with Crippen LogP contribution in [0.15, 0.2) is 22.7 Å². The van der Waals surface area contributed by atoms with Crippen molar-refractivity contribution in [2.75, 3.05) is 18.5 Å². The molecule has 0 heterocycles. The first kappa shape index (κ1) is 14.8. The Kier molecular flexibility index (Phi) is 5.94. The third-order valence-electron chi connectivity index (χ3n) is 2.14. The number of benzene rings is 1. The van der Waals surface area contributed by atoms with Crippen molar-refractivity contribution in [3.8, 4) is 5.75 Å². The number of hydrogen-bond acceptors (Lipinski definition) is 3. The number of anilines is 1. The van der Waals surface area contributed by atoms with Gasteiger partial charge >= 0.3 is 6.03 Å². The number of carbonyl (C=O) groups excluding carboxylic acids is 1. The van der Waals surface area contributed by atoms with Gasteiger partial charge in [0.25, 0.3) is 0 Å². The highest BCUT2D eigenvalue weighted by molar-refractivity contribution is 9.10.